The molecule has 9 nitrogen and oxygen atoms in total. The van der Waals surface area contributed by atoms with Gasteiger partial charge in [-0.25, -0.2) is 27.1 Å². The first kappa shape index (κ1) is 23.9. The maximum Gasteiger partial charge on any atom is 0.256 e. The van der Waals surface area contributed by atoms with Gasteiger partial charge in [-0.15, -0.1) is 5.10 Å². The summed E-state index contributed by atoms with van der Waals surface area (Å²) in [5.74, 6) is 0.0648. The third-order valence-corrected chi connectivity index (χ3v) is 7.03. The Morgan fingerprint density at radius 2 is 2.03 bits per heavy atom. The number of fused-ring (bicyclic) bond motifs is 2. The van der Waals surface area contributed by atoms with Crippen LogP contribution in [0.15, 0.2) is 24.4 Å². The molecule has 0 aliphatic carbocycles. The van der Waals surface area contributed by atoms with Crippen molar-refractivity contribution in [3.05, 3.63) is 36.0 Å². The minimum absolute atomic E-state index is 0.0277. The molecular weight excluding hydrogens is 494 g/mol. The van der Waals surface area contributed by atoms with Crippen molar-refractivity contribution in [3.63, 3.8) is 0 Å². The zero-order valence-corrected chi connectivity index (χ0v) is 20.2. The molecule has 2 atom stereocenters. The highest BCUT2D eigenvalue weighted by atomic mass is 19.3. The molecule has 2 fully saturated rings. The van der Waals surface area contributed by atoms with E-state index >= 15 is 4.39 Å². The number of aromatic nitrogens is 5. The average Bonchev–Trinajstić information content (AvgIpc) is 3.48. The highest BCUT2D eigenvalue weighted by molar-refractivity contribution is 5.90. The molecule has 1 aromatic carbocycles. The monoisotopic (exact) mass is 519 g/mol. The normalized spacial score (nSPS) is 20.8. The topological polar surface area (TPSA) is 81.7 Å². The molecule has 0 bridgehead atoms. The maximum atomic E-state index is 15.0. The molecule has 0 spiro atoms. The summed E-state index contributed by atoms with van der Waals surface area (Å²) in [7, 11) is 1.44. The van der Waals surface area contributed by atoms with Crippen molar-refractivity contribution < 1.29 is 27.0 Å². The van der Waals surface area contributed by atoms with Gasteiger partial charge in [0.25, 0.3) is 6.43 Å². The molecular formula is C24H25F4N7O2. The Balaban J connectivity index is 1.35. The number of ether oxygens (including phenoxy) is 2. The van der Waals surface area contributed by atoms with Gasteiger partial charge in [-0.1, -0.05) is 0 Å². The van der Waals surface area contributed by atoms with Crippen molar-refractivity contribution in [2.75, 3.05) is 38.7 Å². The zero-order chi connectivity index (χ0) is 25.8. The molecule has 6 rings (SSSR count). The predicted octanol–water partition coefficient (Wildman–Crippen LogP) is 3.30. The van der Waals surface area contributed by atoms with Crippen molar-refractivity contribution in [1.82, 2.24) is 29.0 Å². The van der Waals surface area contributed by atoms with Crippen molar-refractivity contribution in [2.45, 2.75) is 38.1 Å². The molecule has 4 aromatic rings. The SMILES string of the molecule is COc1nc(N[C@H]2CN(C3COC3)C[C@H]2F)nn2ccc(-c3cc(F)c4nc(C)n(CC(F)F)c4c3)c12. The van der Waals surface area contributed by atoms with Gasteiger partial charge in [-0.3, -0.25) is 4.90 Å². The summed E-state index contributed by atoms with van der Waals surface area (Å²) in [6.45, 7) is 3.00. The van der Waals surface area contributed by atoms with E-state index in [9.17, 15) is 13.2 Å². The lowest BCUT2D eigenvalue weighted by atomic mass is 10.1. The summed E-state index contributed by atoms with van der Waals surface area (Å²) < 4.78 is 69.6. The average molecular weight is 520 g/mol. The molecule has 3 aromatic heterocycles. The Morgan fingerprint density at radius 3 is 2.73 bits per heavy atom. The minimum atomic E-state index is -2.62. The number of nitrogens with zero attached hydrogens (tertiary/aromatic N) is 6. The smallest absolute Gasteiger partial charge is 0.256 e. The standard InChI is InChI=1S/C24H25F4N7O2/c1-12-29-21-16(25)5-13(6-19(21)34(12)9-20(27)28)15-3-4-35-22(15)23(36-2)31-24(32-35)30-18-8-33(7-17(18)26)14-10-37-11-14/h3-6,14,17-18,20H,7-11H2,1-2H3,(H,30,32)/t17-,18+/m1/s1. The zero-order valence-electron chi connectivity index (χ0n) is 20.2. The van der Waals surface area contributed by atoms with Crippen LogP contribution < -0.4 is 10.1 Å². The Labute approximate surface area is 209 Å². The third-order valence-electron chi connectivity index (χ3n) is 7.03. The number of likely N-dealkylation sites (tertiary alicyclic amines) is 1. The molecule has 37 heavy (non-hydrogen) atoms. The second-order valence-corrected chi connectivity index (χ2v) is 9.37. The number of methoxy groups -OCH3 is 1. The number of benzene rings is 1. The minimum Gasteiger partial charge on any atom is -0.479 e. The number of anilines is 1. The van der Waals surface area contributed by atoms with E-state index in [4.69, 9.17) is 9.47 Å². The van der Waals surface area contributed by atoms with E-state index in [0.29, 0.717) is 48.8 Å². The molecule has 0 amide bonds. The first-order valence-electron chi connectivity index (χ1n) is 11.9. The summed E-state index contributed by atoms with van der Waals surface area (Å²) in [6.07, 6.45) is -2.05. The van der Waals surface area contributed by atoms with E-state index in [0.717, 1.165) is 0 Å². The van der Waals surface area contributed by atoms with Crippen molar-refractivity contribution >= 4 is 22.5 Å². The number of alkyl halides is 3. The number of hydrogen-bond donors (Lipinski definition) is 1. The van der Waals surface area contributed by atoms with E-state index in [2.05, 4.69) is 25.3 Å². The molecule has 196 valence electrons. The highest BCUT2D eigenvalue weighted by Crippen LogP contribution is 2.35. The van der Waals surface area contributed by atoms with Crippen LogP contribution in [0.5, 0.6) is 5.88 Å². The van der Waals surface area contributed by atoms with Crippen LogP contribution in [-0.2, 0) is 11.3 Å². The fourth-order valence-corrected chi connectivity index (χ4v) is 5.08. The van der Waals surface area contributed by atoms with Gasteiger partial charge in [-0.2, -0.15) is 4.98 Å². The number of nitrogens with one attached hydrogen (secondary N) is 1. The first-order valence-corrected chi connectivity index (χ1v) is 11.9. The Morgan fingerprint density at radius 1 is 1.22 bits per heavy atom. The van der Waals surface area contributed by atoms with Gasteiger partial charge in [-0.05, 0) is 30.7 Å². The van der Waals surface area contributed by atoms with E-state index in [1.807, 2.05) is 0 Å². The second kappa shape index (κ2) is 9.14. The van der Waals surface area contributed by atoms with Gasteiger partial charge in [0.2, 0.25) is 11.8 Å². The van der Waals surface area contributed by atoms with Gasteiger partial charge >= 0.3 is 0 Å². The number of aryl methyl sites for hydroxylation is 1. The van der Waals surface area contributed by atoms with Gasteiger partial charge < -0.3 is 19.4 Å². The summed E-state index contributed by atoms with van der Waals surface area (Å²) in [5.41, 5.74) is 1.73. The molecule has 2 aliphatic rings. The van der Waals surface area contributed by atoms with Crippen LogP contribution in [0.4, 0.5) is 23.5 Å². The van der Waals surface area contributed by atoms with Crippen molar-refractivity contribution in [3.8, 4) is 17.0 Å². The molecule has 13 heteroatoms. The van der Waals surface area contributed by atoms with Gasteiger partial charge in [0.05, 0.1) is 44.5 Å². The molecule has 0 radical (unpaired) electrons. The van der Waals surface area contributed by atoms with Gasteiger partial charge in [0.1, 0.15) is 23.0 Å². The molecule has 2 saturated heterocycles. The largest absolute Gasteiger partial charge is 0.479 e. The van der Waals surface area contributed by atoms with Crippen LogP contribution in [0.25, 0.3) is 27.7 Å². The molecule has 2 aliphatic heterocycles. The first-order chi connectivity index (χ1) is 17.8. The Hall–Kier alpha value is -3.45. The molecule has 1 N–H and O–H groups in total. The Bertz CT molecular complexity index is 1470. The van der Waals surface area contributed by atoms with E-state index < -0.39 is 31.0 Å². The van der Waals surface area contributed by atoms with Gasteiger partial charge in [0.15, 0.2) is 5.82 Å². The number of rotatable bonds is 7. The second-order valence-electron chi connectivity index (χ2n) is 9.37. The maximum absolute atomic E-state index is 15.0. The van der Waals surface area contributed by atoms with Crippen LogP contribution >= 0.6 is 0 Å². The van der Waals surface area contributed by atoms with Crippen LogP contribution in [0.1, 0.15) is 5.82 Å². The molecule has 5 heterocycles. The van der Waals surface area contributed by atoms with E-state index in [1.165, 1.54) is 22.3 Å². The van der Waals surface area contributed by atoms with Crippen molar-refractivity contribution in [2.24, 2.45) is 0 Å². The lowest BCUT2D eigenvalue weighted by molar-refractivity contribution is -0.0585. The Kier molecular flexibility index (Phi) is 5.91. The highest BCUT2D eigenvalue weighted by Gasteiger charge is 2.39. The van der Waals surface area contributed by atoms with Gasteiger partial charge in [0, 0.05) is 24.8 Å². The summed E-state index contributed by atoms with van der Waals surface area (Å²) in [5, 5.41) is 7.55. The summed E-state index contributed by atoms with van der Waals surface area (Å²) >= 11 is 0. The van der Waals surface area contributed by atoms with E-state index in [-0.39, 0.29) is 28.9 Å². The summed E-state index contributed by atoms with van der Waals surface area (Å²) in [6, 6.07) is 4.37. The van der Waals surface area contributed by atoms with E-state index in [1.54, 1.807) is 25.3 Å². The quantitative estimate of drug-likeness (QED) is 0.375. The van der Waals surface area contributed by atoms with Crippen LogP contribution in [0.2, 0.25) is 0 Å². The predicted molar refractivity (Wildman–Crippen MR) is 127 cm³/mol. The molecule has 0 unspecified atom stereocenters. The number of imidazole rings is 1. The fraction of sp³-hybridized carbons (Fsp3) is 0.458. The summed E-state index contributed by atoms with van der Waals surface area (Å²) in [4.78, 5) is 10.6. The lowest BCUT2D eigenvalue weighted by Gasteiger charge is -2.34. The van der Waals surface area contributed by atoms with Crippen molar-refractivity contribution in [1.29, 1.82) is 0 Å². The van der Waals surface area contributed by atoms with Crippen LogP contribution in [0.3, 0.4) is 0 Å². The van der Waals surface area contributed by atoms with Crippen LogP contribution in [-0.4, -0.2) is 87.1 Å². The van der Waals surface area contributed by atoms with Crippen LogP contribution in [0, 0.1) is 12.7 Å². The molecule has 0 saturated carbocycles. The number of halogens is 4. The number of hydrogen-bond acceptors (Lipinski definition) is 7. The third kappa shape index (κ3) is 4.15. The fourth-order valence-electron chi connectivity index (χ4n) is 5.08. The lowest BCUT2D eigenvalue weighted by Crippen LogP contribution is -2.48.